The van der Waals surface area contributed by atoms with Crippen molar-refractivity contribution in [3.63, 3.8) is 0 Å². The lowest BCUT2D eigenvalue weighted by Gasteiger charge is -1.92. The monoisotopic (exact) mass is 134 g/mol. The number of hydrogen-bond acceptors (Lipinski definition) is 1. The van der Waals surface area contributed by atoms with E-state index < -0.39 is 0 Å². The van der Waals surface area contributed by atoms with Crippen molar-refractivity contribution >= 4 is 5.57 Å². The molecule has 1 aromatic rings. The summed E-state index contributed by atoms with van der Waals surface area (Å²) in [6.07, 6.45) is 9.61. The summed E-state index contributed by atoms with van der Waals surface area (Å²) in [5.41, 5.74) is 2.71. The van der Waals surface area contributed by atoms with Gasteiger partial charge in [0.1, 0.15) is 0 Å². The Kier molecular flexibility index (Phi) is 1.35. The fourth-order valence-corrected chi connectivity index (χ4v) is 1.38. The van der Waals surface area contributed by atoms with Crippen LogP contribution in [0.1, 0.15) is 24.8 Å². The van der Waals surface area contributed by atoms with Crippen LogP contribution in [0.4, 0.5) is 0 Å². The van der Waals surface area contributed by atoms with Gasteiger partial charge in [-0.2, -0.15) is 0 Å². The van der Waals surface area contributed by atoms with Gasteiger partial charge in [0.25, 0.3) is 0 Å². The Morgan fingerprint density at radius 1 is 1.40 bits per heavy atom. The number of allylic oxidation sites excluding steroid dienone is 2. The SMILES string of the molecule is C1=C(c2ccoc2)CCC1. The lowest BCUT2D eigenvalue weighted by atomic mass is 10.1. The first-order valence-corrected chi connectivity index (χ1v) is 3.68. The largest absolute Gasteiger partial charge is 0.472 e. The second-order valence-corrected chi connectivity index (χ2v) is 2.63. The topological polar surface area (TPSA) is 13.1 Å². The van der Waals surface area contributed by atoms with Crippen molar-refractivity contribution in [3.05, 3.63) is 30.2 Å². The summed E-state index contributed by atoms with van der Waals surface area (Å²) in [6.45, 7) is 0. The van der Waals surface area contributed by atoms with Gasteiger partial charge in [0, 0.05) is 5.56 Å². The molecule has 1 nitrogen and oxygen atoms in total. The van der Waals surface area contributed by atoms with Gasteiger partial charge < -0.3 is 4.42 Å². The van der Waals surface area contributed by atoms with Crippen molar-refractivity contribution in [2.75, 3.05) is 0 Å². The molecule has 0 aliphatic heterocycles. The highest BCUT2D eigenvalue weighted by molar-refractivity contribution is 5.66. The summed E-state index contributed by atoms with van der Waals surface area (Å²) >= 11 is 0. The Labute approximate surface area is 60.4 Å². The van der Waals surface area contributed by atoms with E-state index in [1.807, 2.05) is 12.3 Å². The predicted octanol–water partition coefficient (Wildman–Crippen LogP) is 2.85. The van der Waals surface area contributed by atoms with Gasteiger partial charge in [-0.1, -0.05) is 6.08 Å². The van der Waals surface area contributed by atoms with Gasteiger partial charge in [-0.25, -0.2) is 0 Å². The fraction of sp³-hybridized carbons (Fsp3) is 0.333. The van der Waals surface area contributed by atoms with Crippen LogP contribution in [0, 0.1) is 0 Å². The van der Waals surface area contributed by atoms with E-state index in [9.17, 15) is 0 Å². The Morgan fingerprint density at radius 3 is 3.00 bits per heavy atom. The van der Waals surface area contributed by atoms with E-state index in [1.54, 1.807) is 6.26 Å². The summed E-state index contributed by atoms with van der Waals surface area (Å²) in [6, 6.07) is 2.02. The molecule has 1 aromatic heterocycles. The minimum absolute atomic E-state index is 1.22. The highest BCUT2D eigenvalue weighted by Crippen LogP contribution is 2.27. The normalized spacial score (nSPS) is 17.4. The molecule has 2 rings (SSSR count). The minimum atomic E-state index is 1.22. The molecule has 0 aromatic carbocycles. The highest BCUT2D eigenvalue weighted by atomic mass is 16.3. The van der Waals surface area contributed by atoms with Gasteiger partial charge in [-0.15, -0.1) is 0 Å². The average Bonchev–Trinajstić information content (AvgIpc) is 2.59. The maximum Gasteiger partial charge on any atom is 0.0977 e. The van der Waals surface area contributed by atoms with Crippen molar-refractivity contribution < 1.29 is 4.42 Å². The van der Waals surface area contributed by atoms with Crippen LogP contribution in [-0.2, 0) is 0 Å². The molecule has 0 fully saturated rings. The Morgan fingerprint density at radius 2 is 2.40 bits per heavy atom. The zero-order valence-corrected chi connectivity index (χ0v) is 5.84. The van der Waals surface area contributed by atoms with Crippen LogP contribution in [-0.4, -0.2) is 0 Å². The molecular formula is C9H10O. The van der Waals surface area contributed by atoms with Crippen LogP contribution in [0.25, 0.3) is 5.57 Å². The third kappa shape index (κ3) is 0.878. The van der Waals surface area contributed by atoms with Crippen LogP contribution < -0.4 is 0 Å². The van der Waals surface area contributed by atoms with Gasteiger partial charge >= 0.3 is 0 Å². The Bertz CT molecular complexity index is 231. The molecule has 0 bridgehead atoms. The first-order valence-electron chi connectivity index (χ1n) is 3.68. The molecule has 1 heterocycles. The molecule has 0 saturated heterocycles. The lowest BCUT2D eigenvalue weighted by Crippen LogP contribution is -1.72. The molecule has 0 atom stereocenters. The molecule has 1 aliphatic carbocycles. The van der Waals surface area contributed by atoms with Crippen molar-refractivity contribution in [2.24, 2.45) is 0 Å². The van der Waals surface area contributed by atoms with Gasteiger partial charge in [-0.05, 0) is 30.9 Å². The first-order chi connectivity index (χ1) is 4.97. The third-order valence-electron chi connectivity index (χ3n) is 1.93. The molecule has 0 unspecified atom stereocenters. The standard InChI is InChI=1S/C9H10O/c1-2-4-8(3-1)9-5-6-10-7-9/h3,5-7H,1-2,4H2. The zero-order chi connectivity index (χ0) is 6.81. The smallest absolute Gasteiger partial charge is 0.0977 e. The van der Waals surface area contributed by atoms with Crippen molar-refractivity contribution in [2.45, 2.75) is 19.3 Å². The predicted molar refractivity (Wildman–Crippen MR) is 40.5 cm³/mol. The van der Waals surface area contributed by atoms with Crippen LogP contribution in [0.5, 0.6) is 0 Å². The van der Waals surface area contributed by atoms with Crippen LogP contribution in [0.2, 0.25) is 0 Å². The van der Waals surface area contributed by atoms with Gasteiger partial charge in [-0.3, -0.25) is 0 Å². The molecular weight excluding hydrogens is 124 g/mol. The molecule has 10 heavy (non-hydrogen) atoms. The van der Waals surface area contributed by atoms with Crippen LogP contribution in [0.15, 0.2) is 29.1 Å². The molecule has 1 aliphatic rings. The van der Waals surface area contributed by atoms with Crippen LogP contribution >= 0.6 is 0 Å². The van der Waals surface area contributed by atoms with E-state index in [0.29, 0.717) is 0 Å². The maximum absolute atomic E-state index is 4.99. The molecule has 0 amide bonds. The fourth-order valence-electron chi connectivity index (χ4n) is 1.38. The summed E-state index contributed by atoms with van der Waals surface area (Å²) < 4.78 is 4.99. The molecule has 52 valence electrons. The van der Waals surface area contributed by atoms with Crippen molar-refractivity contribution in [3.8, 4) is 0 Å². The zero-order valence-electron chi connectivity index (χ0n) is 5.84. The second kappa shape index (κ2) is 2.33. The first kappa shape index (κ1) is 5.78. The second-order valence-electron chi connectivity index (χ2n) is 2.63. The minimum Gasteiger partial charge on any atom is -0.472 e. The Balaban J connectivity index is 2.28. The van der Waals surface area contributed by atoms with Gasteiger partial charge in [0.2, 0.25) is 0 Å². The van der Waals surface area contributed by atoms with Gasteiger partial charge in [0.05, 0.1) is 12.5 Å². The molecule has 0 saturated carbocycles. The highest BCUT2D eigenvalue weighted by Gasteiger charge is 2.06. The van der Waals surface area contributed by atoms with Crippen molar-refractivity contribution in [1.29, 1.82) is 0 Å². The van der Waals surface area contributed by atoms with E-state index in [1.165, 1.54) is 30.4 Å². The van der Waals surface area contributed by atoms with E-state index in [-0.39, 0.29) is 0 Å². The number of furan rings is 1. The number of hydrogen-bond donors (Lipinski definition) is 0. The molecule has 1 heteroatoms. The van der Waals surface area contributed by atoms with E-state index in [2.05, 4.69) is 6.08 Å². The van der Waals surface area contributed by atoms with E-state index >= 15 is 0 Å². The maximum atomic E-state index is 4.99. The van der Waals surface area contributed by atoms with Gasteiger partial charge in [0.15, 0.2) is 0 Å². The van der Waals surface area contributed by atoms with Crippen LogP contribution in [0.3, 0.4) is 0 Å². The summed E-state index contributed by atoms with van der Waals surface area (Å²) in [5, 5.41) is 0. The third-order valence-corrected chi connectivity index (χ3v) is 1.93. The van der Waals surface area contributed by atoms with Crippen molar-refractivity contribution in [1.82, 2.24) is 0 Å². The summed E-state index contributed by atoms with van der Waals surface area (Å²) in [5.74, 6) is 0. The van der Waals surface area contributed by atoms with E-state index in [4.69, 9.17) is 4.42 Å². The average molecular weight is 134 g/mol. The molecule has 0 spiro atoms. The summed E-state index contributed by atoms with van der Waals surface area (Å²) in [4.78, 5) is 0. The lowest BCUT2D eigenvalue weighted by molar-refractivity contribution is 0.566. The van der Waals surface area contributed by atoms with E-state index in [0.717, 1.165) is 0 Å². The molecule has 0 radical (unpaired) electrons. The quantitative estimate of drug-likeness (QED) is 0.575. The summed E-state index contributed by atoms with van der Waals surface area (Å²) in [7, 11) is 0. The Hall–Kier alpha value is -0.980. The number of rotatable bonds is 1. The molecule has 0 N–H and O–H groups in total.